The van der Waals surface area contributed by atoms with Crippen LogP contribution in [0.25, 0.3) is 0 Å². The molecule has 4 nitrogen and oxygen atoms in total. The van der Waals surface area contributed by atoms with Gasteiger partial charge in [0.2, 0.25) is 0 Å². The molecule has 2 aliphatic rings. The maximum Gasteiger partial charge on any atom is 0.312 e. The molecule has 0 aromatic carbocycles. The molecule has 2 amide bonds. The van der Waals surface area contributed by atoms with E-state index in [4.69, 9.17) is 5.73 Å². The normalized spacial score (nSPS) is 28.4. The van der Waals surface area contributed by atoms with Gasteiger partial charge < -0.3 is 11.1 Å². The van der Waals surface area contributed by atoms with Gasteiger partial charge in [-0.25, -0.2) is 4.79 Å². The van der Waals surface area contributed by atoms with E-state index in [1.54, 1.807) is 0 Å². The number of rotatable bonds is 3. The van der Waals surface area contributed by atoms with Crippen LogP contribution in [-0.4, -0.2) is 36.1 Å². The Bertz CT molecular complexity index is 226. The number of carbonyl (C=O) groups excluding carboxylic acids is 1. The first kappa shape index (κ1) is 10.7. The van der Waals surface area contributed by atoms with E-state index in [9.17, 15) is 4.79 Å². The second-order valence-corrected chi connectivity index (χ2v) is 4.72. The number of nitrogens with one attached hydrogen (secondary N) is 1. The molecule has 0 aromatic heterocycles. The van der Waals surface area contributed by atoms with E-state index < -0.39 is 6.03 Å². The molecule has 3 N–H and O–H groups in total. The Morgan fingerprint density at radius 1 is 1.27 bits per heavy atom. The number of hydrogen-bond donors (Lipinski definition) is 2. The topological polar surface area (TPSA) is 58.4 Å². The highest BCUT2D eigenvalue weighted by Gasteiger charge is 2.31. The van der Waals surface area contributed by atoms with Crippen LogP contribution in [-0.2, 0) is 0 Å². The van der Waals surface area contributed by atoms with Gasteiger partial charge >= 0.3 is 6.03 Å². The monoisotopic (exact) mass is 211 g/mol. The first-order valence-corrected chi connectivity index (χ1v) is 6.06. The Labute approximate surface area is 91.2 Å². The van der Waals surface area contributed by atoms with Crippen LogP contribution in [0.3, 0.4) is 0 Å². The number of amides is 2. The summed E-state index contributed by atoms with van der Waals surface area (Å²) in [5, 5.41) is 2.74. The van der Waals surface area contributed by atoms with Gasteiger partial charge in [-0.1, -0.05) is 12.8 Å². The Hall–Kier alpha value is -0.770. The summed E-state index contributed by atoms with van der Waals surface area (Å²) in [6.45, 7) is 1.93. The Morgan fingerprint density at radius 3 is 2.67 bits per heavy atom. The first-order valence-electron chi connectivity index (χ1n) is 6.06. The van der Waals surface area contributed by atoms with E-state index in [1.807, 2.05) is 0 Å². The summed E-state index contributed by atoms with van der Waals surface area (Å²) in [5.41, 5.74) is 5.10. The molecule has 0 bridgehead atoms. The molecule has 1 heterocycles. The standard InChI is InChI=1S/C11H21N3O/c12-11(15)13-8-10-6-3-7-14(10)9-4-1-2-5-9/h9-10H,1-8H2,(H3,12,13,15)/t10-/m0/s1. The number of likely N-dealkylation sites (tertiary alicyclic amines) is 1. The van der Waals surface area contributed by atoms with Gasteiger partial charge in [0.15, 0.2) is 0 Å². The Balaban J connectivity index is 1.84. The highest BCUT2D eigenvalue weighted by Crippen LogP contribution is 2.29. The summed E-state index contributed by atoms with van der Waals surface area (Å²) in [6.07, 6.45) is 7.90. The molecule has 86 valence electrons. The molecule has 2 fully saturated rings. The quantitative estimate of drug-likeness (QED) is 0.733. The molecule has 1 aliphatic heterocycles. The highest BCUT2D eigenvalue weighted by molar-refractivity contribution is 5.71. The number of carbonyl (C=O) groups is 1. The van der Waals surface area contributed by atoms with Crippen LogP contribution in [0.1, 0.15) is 38.5 Å². The average Bonchev–Trinajstić information content (AvgIpc) is 2.85. The lowest BCUT2D eigenvalue weighted by Gasteiger charge is -2.30. The van der Waals surface area contributed by atoms with Gasteiger partial charge in [-0.3, -0.25) is 4.90 Å². The van der Waals surface area contributed by atoms with Gasteiger partial charge in [0.05, 0.1) is 0 Å². The van der Waals surface area contributed by atoms with Gasteiger partial charge in [0, 0.05) is 18.6 Å². The molecule has 0 unspecified atom stereocenters. The minimum atomic E-state index is -0.395. The maximum absolute atomic E-state index is 10.7. The Kier molecular flexibility index (Phi) is 3.46. The maximum atomic E-state index is 10.7. The van der Waals surface area contributed by atoms with Crippen molar-refractivity contribution >= 4 is 6.03 Å². The highest BCUT2D eigenvalue weighted by atomic mass is 16.2. The second kappa shape index (κ2) is 4.84. The third-order valence-corrected chi connectivity index (χ3v) is 3.73. The van der Waals surface area contributed by atoms with Gasteiger partial charge in [-0.15, -0.1) is 0 Å². The fourth-order valence-electron chi connectivity index (χ4n) is 3.01. The number of nitrogens with two attached hydrogens (primary N) is 1. The van der Waals surface area contributed by atoms with Crippen LogP contribution in [0.4, 0.5) is 4.79 Å². The SMILES string of the molecule is NC(=O)NC[C@@H]1CCCN1C1CCCC1. The van der Waals surface area contributed by atoms with Crippen molar-refractivity contribution in [1.29, 1.82) is 0 Å². The van der Waals surface area contributed by atoms with Crippen molar-refractivity contribution < 1.29 is 4.79 Å². The van der Waals surface area contributed by atoms with Gasteiger partial charge in [-0.2, -0.15) is 0 Å². The van der Waals surface area contributed by atoms with Crippen molar-refractivity contribution in [3.63, 3.8) is 0 Å². The molecular formula is C11H21N3O. The lowest BCUT2D eigenvalue weighted by Crippen LogP contribution is -2.45. The van der Waals surface area contributed by atoms with Crippen molar-refractivity contribution in [1.82, 2.24) is 10.2 Å². The molecule has 1 atom stereocenters. The zero-order chi connectivity index (χ0) is 10.7. The van der Waals surface area contributed by atoms with E-state index in [0.717, 1.165) is 12.6 Å². The van der Waals surface area contributed by atoms with E-state index >= 15 is 0 Å². The van der Waals surface area contributed by atoms with Gasteiger partial charge in [-0.05, 0) is 32.2 Å². The summed E-state index contributed by atoms with van der Waals surface area (Å²) in [7, 11) is 0. The fourth-order valence-corrected chi connectivity index (χ4v) is 3.01. The lowest BCUT2D eigenvalue weighted by molar-refractivity contribution is 0.178. The predicted octanol–water partition coefficient (Wildman–Crippen LogP) is 1.06. The zero-order valence-electron chi connectivity index (χ0n) is 9.24. The Morgan fingerprint density at radius 2 is 2.00 bits per heavy atom. The molecule has 4 heteroatoms. The van der Waals surface area contributed by atoms with E-state index in [1.165, 1.54) is 45.1 Å². The molecule has 0 aromatic rings. The van der Waals surface area contributed by atoms with Gasteiger partial charge in [0.1, 0.15) is 0 Å². The van der Waals surface area contributed by atoms with Crippen LogP contribution < -0.4 is 11.1 Å². The first-order chi connectivity index (χ1) is 7.27. The number of hydrogen-bond acceptors (Lipinski definition) is 2. The van der Waals surface area contributed by atoms with Gasteiger partial charge in [0.25, 0.3) is 0 Å². The van der Waals surface area contributed by atoms with Crippen LogP contribution in [0.15, 0.2) is 0 Å². The largest absolute Gasteiger partial charge is 0.352 e. The molecule has 15 heavy (non-hydrogen) atoms. The smallest absolute Gasteiger partial charge is 0.312 e. The van der Waals surface area contributed by atoms with Crippen molar-refractivity contribution in [2.75, 3.05) is 13.1 Å². The van der Waals surface area contributed by atoms with Crippen LogP contribution >= 0.6 is 0 Å². The van der Waals surface area contributed by atoms with E-state index in [0.29, 0.717) is 6.04 Å². The molecule has 0 spiro atoms. The third-order valence-electron chi connectivity index (χ3n) is 3.73. The van der Waals surface area contributed by atoms with Crippen LogP contribution in [0.2, 0.25) is 0 Å². The van der Waals surface area contributed by atoms with E-state index in [-0.39, 0.29) is 0 Å². The second-order valence-electron chi connectivity index (χ2n) is 4.72. The molecule has 2 rings (SSSR count). The summed E-state index contributed by atoms with van der Waals surface area (Å²) < 4.78 is 0. The van der Waals surface area contributed by atoms with Crippen molar-refractivity contribution in [2.24, 2.45) is 5.73 Å². The molecule has 1 saturated carbocycles. The number of nitrogens with zero attached hydrogens (tertiary/aromatic N) is 1. The van der Waals surface area contributed by atoms with E-state index in [2.05, 4.69) is 10.2 Å². The number of primary amides is 1. The van der Waals surface area contributed by atoms with Crippen molar-refractivity contribution in [3.05, 3.63) is 0 Å². The third kappa shape index (κ3) is 2.62. The fraction of sp³-hybridized carbons (Fsp3) is 0.909. The predicted molar refractivity (Wildman–Crippen MR) is 59.6 cm³/mol. The molecule has 1 aliphatic carbocycles. The summed E-state index contributed by atoms with van der Waals surface area (Å²) >= 11 is 0. The minimum absolute atomic E-state index is 0.395. The summed E-state index contributed by atoms with van der Waals surface area (Å²) in [5.74, 6) is 0. The zero-order valence-corrected chi connectivity index (χ0v) is 9.24. The minimum Gasteiger partial charge on any atom is -0.352 e. The lowest BCUT2D eigenvalue weighted by atomic mass is 10.1. The van der Waals surface area contributed by atoms with Crippen molar-refractivity contribution in [2.45, 2.75) is 50.6 Å². The van der Waals surface area contributed by atoms with Crippen LogP contribution in [0, 0.1) is 0 Å². The summed E-state index contributed by atoms with van der Waals surface area (Å²) in [4.78, 5) is 13.3. The molecular weight excluding hydrogens is 190 g/mol. The molecule has 1 saturated heterocycles. The summed E-state index contributed by atoms with van der Waals surface area (Å²) in [6, 6.07) is 0.904. The average molecular weight is 211 g/mol. The number of urea groups is 1. The van der Waals surface area contributed by atoms with Crippen LogP contribution in [0.5, 0.6) is 0 Å². The van der Waals surface area contributed by atoms with Crippen molar-refractivity contribution in [3.8, 4) is 0 Å². The molecule has 0 radical (unpaired) electrons.